The lowest BCUT2D eigenvalue weighted by Gasteiger charge is -2.17. The van der Waals surface area contributed by atoms with Gasteiger partial charge >= 0.3 is 0 Å². The molecule has 29 heavy (non-hydrogen) atoms. The number of anilines is 1. The summed E-state index contributed by atoms with van der Waals surface area (Å²) in [5, 5.41) is 3.14. The highest BCUT2D eigenvalue weighted by atomic mass is 79.9. The number of carbonyl (C=O) groups excluding carboxylic acids is 3. The molecule has 0 aliphatic rings. The third-order valence-corrected chi connectivity index (χ3v) is 4.62. The lowest BCUT2D eigenvalue weighted by Crippen LogP contribution is -2.46. The fourth-order valence-electron chi connectivity index (χ4n) is 2.39. The minimum absolute atomic E-state index is 0.0543. The maximum Gasteiger partial charge on any atom is 0.270 e. The summed E-state index contributed by atoms with van der Waals surface area (Å²) in [6.45, 7) is -0.155. The van der Waals surface area contributed by atoms with Gasteiger partial charge in [0.1, 0.15) is 5.75 Å². The van der Waals surface area contributed by atoms with Crippen molar-refractivity contribution < 1.29 is 19.1 Å². The molecule has 0 fully saturated rings. The van der Waals surface area contributed by atoms with E-state index in [1.54, 1.807) is 49.5 Å². The molecule has 2 aromatic carbocycles. The van der Waals surface area contributed by atoms with E-state index in [0.717, 1.165) is 0 Å². The van der Waals surface area contributed by atoms with Crippen LogP contribution in [0.5, 0.6) is 5.75 Å². The molecular formula is C19H20BrClN4O4. The van der Waals surface area contributed by atoms with Crippen LogP contribution in [0.2, 0.25) is 5.02 Å². The number of hydrogen-bond acceptors (Lipinski definition) is 5. The summed E-state index contributed by atoms with van der Waals surface area (Å²) in [6, 6.07) is 11.7. The number of nitrogens with zero attached hydrogens (tertiary/aromatic N) is 1. The van der Waals surface area contributed by atoms with Gasteiger partial charge in [-0.2, -0.15) is 0 Å². The van der Waals surface area contributed by atoms with Gasteiger partial charge in [0.2, 0.25) is 5.91 Å². The maximum atomic E-state index is 12.2. The number of methoxy groups -OCH3 is 1. The number of ether oxygens (including phenoxy) is 1. The van der Waals surface area contributed by atoms with Crippen molar-refractivity contribution in [3.05, 3.63) is 57.5 Å². The number of amides is 3. The van der Waals surface area contributed by atoms with E-state index in [1.165, 1.54) is 12.0 Å². The molecular weight excluding hydrogens is 464 g/mol. The van der Waals surface area contributed by atoms with Crippen LogP contribution in [-0.4, -0.2) is 49.9 Å². The number of benzene rings is 2. The molecule has 0 spiro atoms. The Labute approximate surface area is 181 Å². The number of halogens is 2. The second-order valence-corrected chi connectivity index (χ2v) is 7.34. The molecule has 0 aromatic heterocycles. The van der Waals surface area contributed by atoms with E-state index in [0.29, 0.717) is 26.5 Å². The van der Waals surface area contributed by atoms with Gasteiger partial charge in [-0.1, -0.05) is 23.7 Å². The van der Waals surface area contributed by atoms with Crippen LogP contribution in [0.15, 0.2) is 46.9 Å². The highest BCUT2D eigenvalue weighted by molar-refractivity contribution is 9.10. The molecule has 2 rings (SSSR count). The number of rotatable bonds is 7. The van der Waals surface area contributed by atoms with Crippen LogP contribution < -0.4 is 20.9 Å². The minimum Gasteiger partial charge on any atom is -0.495 e. The Kier molecular flexibility index (Phi) is 8.44. The fraction of sp³-hybridized carbons (Fsp3) is 0.211. The van der Waals surface area contributed by atoms with Gasteiger partial charge in [-0.15, -0.1) is 0 Å². The fourth-order valence-corrected chi connectivity index (χ4v) is 3.03. The second-order valence-electron chi connectivity index (χ2n) is 6.05. The molecule has 8 nitrogen and oxygen atoms in total. The molecule has 0 unspecified atom stereocenters. The van der Waals surface area contributed by atoms with Gasteiger partial charge in [0.15, 0.2) is 0 Å². The van der Waals surface area contributed by atoms with Crippen LogP contribution in [0.4, 0.5) is 5.69 Å². The van der Waals surface area contributed by atoms with Crippen LogP contribution in [0.25, 0.3) is 0 Å². The van der Waals surface area contributed by atoms with Crippen LogP contribution in [0.1, 0.15) is 10.4 Å². The van der Waals surface area contributed by atoms with E-state index in [9.17, 15) is 14.4 Å². The molecule has 3 amide bonds. The number of carbonyl (C=O) groups is 3. The summed E-state index contributed by atoms with van der Waals surface area (Å²) in [5.74, 6) is -0.809. The second kappa shape index (κ2) is 10.8. The zero-order chi connectivity index (χ0) is 21.4. The maximum absolute atomic E-state index is 12.2. The molecule has 10 heteroatoms. The Morgan fingerprint density at radius 3 is 2.45 bits per heavy atom. The SMILES string of the molecule is COc1ccc(Cl)cc1NC(=O)CN(C)CC(=O)NNC(=O)c1ccccc1Br. The van der Waals surface area contributed by atoms with Crippen molar-refractivity contribution >= 4 is 50.9 Å². The molecule has 0 aliphatic heterocycles. The molecule has 0 saturated heterocycles. The summed E-state index contributed by atoms with van der Waals surface area (Å²) in [7, 11) is 3.08. The first-order valence-electron chi connectivity index (χ1n) is 8.45. The van der Waals surface area contributed by atoms with E-state index in [4.69, 9.17) is 16.3 Å². The van der Waals surface area contributed by atoms with Gasteiger partial charge < -0.3 is 10.1 Å². The molecule has 0 saturated carbocycles. The van der Waals surface area contributed by atoms with Crippen molar-refractivity contribution in [2.24, 2.45) is 0 Å². The Hall–Kier alpha value is -2.62. The Morgan fingerprint density at radius 2 is 1.76 bits per heavy atom. The summed E-state index contributed by atoms with van der Waals surface area (Å²) in [5.41, 5.74) is 5.47. The molecule has 0 aliphatic carbocycles. The van der Waals surface area contributed by atoms with Crippen molar-refractivity contribution in [2.45, 2.75) is 0 Å². The van der Waals surface area contributed by atoms with Crippen LogP contribution in [0.3, 0.4) is 0 Å². The average molecular weight is 484 g/mol. The van der Waals surface area contributed by atoms with Crippen molar-refractivity contribution in [1.82, 2.24) is 15.8 Å². The number of nitrogens with one attached hydrogen (secondary N) is 3. The summed E-state index contributed by atoms with van der Waals surface area (Å²) < 4.78 is 5.78. The van der Waals surface area contributed by atoms with Gasteiger partial charge in [-0.3, -0.25) is 30.1 Å². The van der Waals surface area contributed by atoms with Gasteiger partial charge in [0.05, 0.1) is 31.5 Å². The molecule has 0 radical (unpaired) electrons. The quantitative estimate of drug-likeness (QED) is 0.525. The molecule has 154 valence electrons. The first kappa shape index (κ1) is 22.7. The Bertz CT molecular complexity index is 910. The van der Waals surface area contributed by atoms with Gasteiger partial charge in [0.25, 0.3) is 11.8 Å². The van der Waals surface area contributed by atoms with Crippen molar-refractivity contribution in [3.63, 3.8) is 0 Å². The molecule has 0 atom stereocenters. The van der Waals surface area contributed by atoms with Crippen molar-refractivity contribution in [1.29, 1.82) is 0 Å². The molecule has 2 aromatic rings. The molecule has 0 bridgehead atoms. The highest BCUT2D eigenvalue weighted by Gasteiger charge is 2.14. The first-order chi connectivity index (χ1) is 13.8. The van der Waals surface area contributed by atoms with Gasteiger partial charge in [-0.05, 0) is 53.3 Å². The third kappa shape index (κ3) is 7.04. The summed E-state index contributed by atoms with van der Waals surface area (Å²) >= 11 is 9.21. The Morgan fingerprint density at radius 1 is 1.07 bits per heavy atom. The van der Waals surface area contributed by atoms with Crippen molar-refractivity contribution in [3.8, 4) is 5.75 Å². The zero-order valence-electron chi connectivity index (χ0n) is 15.8. The summed E-state index contributed by atoms with van der Waals surface area (Å²) in [6.07, 6.45) is 0. The predicted octanol–water partition coefficient (Wildman–Crippen LogP) is 2.44. The largest absolute Gasteiger partial charge is 0.495 e. The van der Waals surface area contributed by atoms with Crippen LogP contribution in [-0.2, 0) is 9.59 Å². The van der Waals surface area contributed by atoms with E-state index >= 15 is 0 Å². The lowest BCUT2D eigenvalue weighted by molar-refractivity contribution is -0.123. The van der Waals surface area contributed by atoms with Gasteiger partial charge in [0, 0.05) is 9.50 Å². The topological polar surface area (TPSA) is 99.8 Å². The van der Waals surface area contributed by atoms with E-state index < -0.39 is 11.8 Å². The monoisotopic (exact) mass is 482 g/mol. The standard InChI is InChI=1S/C19H20BrClN4O4/c1-25(10-17(26)22-15-9-12(21)7-8-16(15)29-2)11-18(27)23-24-19(28)13-5-3-4-6-14(13)20/h3-9H,10-11H2,1-2H3,(H,22,26)(H,23,27)(H,24,28). The highest BCUT2D eigenvalue weighted by Crippen LogP contribution is 2.27. The minimum atomic E-state index is -0.471. The molecule has 0 heterocycles. The van der Waals surface area contributed by atoms with Crippen LogP contribution >= 0.6 is 27.5 Å². The first-order valence-corrected chi connectivity index (χ1v) is 9.63. The number of hydrazine groups is 1. The summed E-state index contributed by atoms with van der Waals surface area (Å²) in [4.78, 5) is 37.8. The average Bonchev–Trinajstić information content (AvgIpc) is 2.66. The van der Waals surface area contributed by atoms with Gasteiger partial charge in [-0.25, -0.2) is 0 Å². The normalized spacial score (nSPS) is 10.4. The van der Waals surface area contributed by atoms with Crippen molar-refractivity contribution in [2.75, 3.05) is 32.6 Å². The number of likely N-dealkylation sites (N-methyl/N-ethyl adjacent to an activating group) is 1. The zero-order valence-corrected chi connectivity index (χ0v) is 18.1. The Balaban J connectivity index is 1.81. The van der Waals surface area contributed by atoms with E-state index in [-0.39, 0.29) is 19.0 Å². The lowest BCUT2D eigenvalue weighted by atomic mass is 10.2. The predicted molar refractivity (Wildman–Crippen MR) is 114 cm³/mol. The smallest absolute Gasteiger partial charge is 0.270 e. The number of hydrogen-bond donors (Lipinski definition) is 3. The molecule has 3 N–H and O–H groups in total. The van der Waals surface area contributed by atoms with E-state index in [2.05, 4.69) is 32.1 Å². The van der Waals surface area contributed by atoms with E-state index in [1.807, 2.05) is 0 Å². The van der Waals surface area contributed by atoms with Crippen LogP contribution in [0, 0.1) is 0 Å². The third-order valence-electron chi connectivity index (χ3n) is 3.70.